The fourth-order valence-corrected chi connectivity index (χ4v) is 10.2. The molecule has 3 atom stereocenters. The van der Waals surface area contributed by atoms with Gasteiger partial charge in [0.1, 0.15) is 0 Å². The summed E-state index contributed by atoms with van der Waals surface area (Å²) in [5, 5.41) is 2.55. The zero-order chi connectivity index (χ0) is 33.5. The van der Waals surface area contributed by atoms with E-state index in [0.717, 1.165) is 60.0 Å². The highest BCUT2D eigenvalue weighted by molar-refractivity contribution is 6.14. The van der Waals surface area contributed by atoms with E-state index in [-0.39, 0.29) is 22.0 Å². The molecule has 6 rings (SSSR count). The quantitative estimate of drug-likeness (QED) is 0.254. The van der Waals surface area contributed by atoms with Crippen molar-refractivity contribution in [1.82, 2.24) is 0 Å². The van der Waals surface area contributed by atoms with Crippen LogP contribution in [0.5, 0.6) is 0 Å². The molecule has 0 amide bonds. The molecule has 238 valence electrons. The molecule has 0 fully saturated rings. The third kappa shape index (κ3) is 4.60. The molecule has 3 aromatic rings. The van der Waals surface area contributed by atoms with E-state index < -0.39 is 0 Å². The van der Waals surface area contributed by atoms with Crippen molar-refractivity contribution in [2.24, 2.45) is 16.2 Å². The molecule has 0 bridgehead atoms. The van der Waals surface area contributed by atoms with E-state index in [2.05, 4.69) is 124 Å². The van der Waals surface area contributed by atoms with Crippen molar-refractivity contribution < 1.29 is 4.79 Å². The van der Waals surface area contributed by atoms with Gasteiger partial charge in [0.15, 0.2) is 5.78 Å². The van der Waals surface area contributed by atoms with Crippen LogP contribution in [0.1, 0.15) is 112 Å². The van der Waals surface area contributed by atoms with E-state index in [0.29, 0.717) is 5.92 Å². The van der Waals surface area contributed by atoms with Crippen LogP contribution in [0.15, 0.2) is 107 Å². The first-order chi connectivity index (χ1) is 21.5. The topological polar surface area (TPSA) is 17.1 Å². The van der Waals surface area contributed by atoms with Gasteiger partial charge in [-0.1, -0.05) is 125 Å². The fourth-order valence-electron chi connectivity index (χ4n) is 10.2. The highest BCUT2D eigenvalue weighted by atomic mass is 16.1. The molecule has 0 spiro atoms. The summed E-state index contributed by atoms with van der Waals surface area (Å²) in [6.07, 6.45) is 4.46. The van der Waals surface area contributed by atoms with Crippen LogP contribution in [0.4, 0.5) is 0 Å². The molecule has 3 aliphatic rings. The number of benzene rings is 3. The minimum Gasteiger partial charge on any atom is -0.289 e. The monoisotopic (exact) mass is 608 g/mol. The molecule has 3 aliphatic carbocycles. The summed E-state index contributed by atoms with van der Waals surface area (Å²) < 4.78 is 0. The molecule has 0 aliphatic heterocycles. The lowest BCUT2D eigenvalue weighted by atomic mass is 9.42. The summed E-state index contributed by atoms with van der Waals surface area (Å²) in [5.74, 6) is 0.561. The molecule has 0 unspecified atom stereocenters. The van der Waals surface area contributed by atoms with Crippen molar-refractivity contribution in [3.63, 3.8) is 0 Å². The zero-order valence-electron chi connectivity index (χ0n) is 29.8. The molecule has 0 N–H and O–H groups in total. The Morgan fingerprint density at radius 2 is 1.57 bits per heavy atom. The van der Waals surface area contributed by atoms with E-state index in [1.54, 1.807) is 0 Å². The van der Waals surface area contributed by atoms with Gasteiger partial charge in [-0.25, -0.2) is 0 Å². The number of Topliss-reactive ketones (excluding diaryl/α,β-unsaturated/α-hetero) is 1. The Kier molecular flexibility index (Phi) is 7.66. The maximum absolute atomic E-state index is 15.1. The van der Waals surface area contributed by atoms with Gasteiger partial charge >= 0.3 is 0 Å². The Balaban J connectivity index is 1.46. The average molecular weight is 609 g/mol. The maximum Gasteiger partial charge on any atom is 0.190 e. The van der Waals surface area contributed by atoms with Gasteiger partial charge in [-0.05, 0) is 121 Å². The van der Waals surface area contributed by atoms with Crippen LogP contribution < -0.4 is 0 Å². The van der Waals surface area contributed by atoms with Crippen molar-refractivity contribution in [3.05, 3.63) is 141 Å². The van der Waals surface area contributed by atoms with Crippen LogP contribution in [-0.2, 0) is 19.3 Å². The number of rotatable bonds is 6. The molecule has 0 saturated carbocycles. The van der Waals surface area contributed by atoms with Crippen molar-refractivity contribution in [3.8, 4) is 0 Å². The number of fused-ring (bicyclic) bond motifs is 4. The first-order valence-corrected chi connectivity index (χ1v) is 17.1. The largest absolute Gasteiger partial charge is 0.289 e. The minimum absolute atomic E-state index is 0.0282. The highest BCUT2D eigenvalue weighted by Crippen LogP contribution is 2.69. The van der Waals surface area contributed by atoms with E-state index in [1.807, 2.05) is 0 Å². The molecular formula is C45H52O. The zero-order valence-corrected chi connectivity index (χ0v) is 29.8. The van der Waals surface area contributed by atoms with E-state index in [4.69, 9.17) is 6.58 Å². The smallest absolute Gasteiger partial charge is 0.190 e. The van der Waals surface area contributed by atoms with Gasteiger partial charge in [-0.2, -0.15) is 0 Å². The number of hydrogen-bond donors (Lipinski definition) is 0. The number of allylic oxidation sites excluding steroid dienone is 7. The third-order valence-electron chi connectivity index (χ3n) is 12.4. The van der Waals surface area contributed by atoms with E-state index in [9.17, 15) is 0 Å². The maximum atomic E-state index is 15.1. The lowest BCUT2D eigenvalue weighted by Crippen LogP contribution is -2.54. The second kappa shape index (κ2) is 10.9. The van der Waals surface area contributed by atoms with Crippen LogP contribution in [0, 0.1) is 23.2 Å². The Hall–Kier alpha value is -3.71. The van der Waals surface area contributed by atoms with E-state index in [1.165, 1.54) is 55.3 Å². The van der Waals surface area contributed by atoms with Crippen molar-refractivity contribution in [1.29, 1.82) is 0 Å². The van der Waals surface area contributed by atoms with Crippen LogP contribution in [0.3, 0.4) is 0 Å². The summed E-state index contributed by atoms with van der Waals surface area (Å²) in [4.78, 5) is 15.1. The van der Waals surface area contributed by atoms with E-state index >= 15 is 4.79 Å². The molecule has 3 aromatic carbocycles. The van der Waals surface area contributed by atoms with Gasteiger partial charge in [0.05, 0.1) is 0 Å². The normalized spacial score (nSPS) is 26.0. The SMILES string of the molecule is C=C(Cc1cc(C(C)C)c2c(c1C)C(=O)C1=C(C)[C@@]3(C)C(=C)C(C(=C)C)=C(C)C[C@@]3(C)C[C@@]1(C)C2)Cc1cccc2ccccc12. The Morgan fingerprint density at radius 3 is 2.24 bits per heavy atom. The third-order valence-corrected chi connectivity index (χ3v) is 12.4. The second-order valence-electron chi connectivity index (χ2n) is 16.0. The van der Waals surface area contributed by atoms with Gasteiger partial charge in [-0.15, -0.1) is 0 Å². The fraction of sp³-hybridized carbons (Fsp3) is 0.400. The number of hydrogen-bond acceptors (Lipinski definition) is 1. The summed E-state index contributed by atoms with van der Waals surface area (Å²) in [7, 11) is 0. The van der Waals surface area contributed by atoms with Gasteiger partial charge in [0, 0.05) is 22.0 Å². The molecule has 46 heavy (non-hydrogen) atoms. The number of ketones is 1. The minimum atomic E-state index is -0.304. The Labute approximate surface area is 277 Å². The van der Waals surface area contributed by atoms with Crippen molar-refractivity contribution >= 4 is 16.6 Å². The first kappa shape index (κ1) is 32.2. The number of carbonyl (C=O) groups is 1. The van der Waals surface area contributed by atoms with Crippen LogP contribution in [0.25, 0.3) is 10.8 Å². The summed E-state index contributed by atoms with van der Waals surface area (Å²) in [6.45, 7) is 34.1. The van der Waals surface area contributed by atoms with Crippen molar-refractivity contribution in [2.75, 3.05) is 0 Å². The molecule has 1 nitrogen and oxygen atoms in total. The molecule has 0 radical (unpaired) electrons. The summed E-state index contributed by atoms with van der Waals surface area (Å²) >= 11 is 0. The molecule has 0 aromatic heterocycles. The van der Waals surface area contributed by atoms with Crippen LogP contribution in [0.2, 0.25) is 0 Å². The van der Waals surface area contributed by atoms with Crippen LogP contribution >= 0.6 is 0 Å². The Morgan fingerprint density at radius 1 is 0.913 bits per heavy atom. The Bertz CT molecular complexity index is 1930. The van der Waals surface area contributed by atoms with Gasteiger partial charge in [0.2, 0.25) is 0 Å². The van der Waals surface area contributed by atoms with Crippen molar-refractivity contribution in [2.45, 2.75) is 100 Å². The average Bonchev–Trinajstić information content (AvgIpc) is 2.96. The highest BCUT2D eigenvalue weighted by Gasteiger charge is 2.60. The number of carbonyl (C=O) groups excluding carboxylic acids is 1. The molecule has 0 saturated heterocycles. The van der Waals surface area contributed by atoms with Crippen LogP contribution in [-0.4, -0.2) is 5.78 Å². The lowest BCUT2D eigenvalue weighted by Gasteiger charge is -2.61. The standard InChI is InChI=1S/C45H52O/c1-26(2)37-22-35(21-28(5)20-34-18-15-17-33-16-13-14-19-36(33)34)30(7)40-38(37)24-43(10)25-44(11)23-29(6)39(27(3)4)31(8)45(44,12)32(9)41(43)42(40)46/h13-19,22,26H,3,5,8,20-21,23-25H2,1-2,4,6-7,9-12H3/t43-,44+,45-/m1/s1. The lowest BCUT2D eigenvalue weighted by molar-refractivity contribution is 0.0462. The molecule has 0 heterocycles. The van der Waals surface area contributed by atoms with Gasteiger partial charge in [-0.3, -0.25) is 4.79 Å². The molecular weight excluding hydrogens is 556 g/mol. The predicted octanol–water partition coefficient (Wildman–Crippen LogP) is 11.9. The molecule has 1 heteroatoms. The first-order valence-electron chi connectivity index (χ1n) is 17.1. The predicted molar refractivity (Wildman–Crippen MR) is 197 cm³/mol. The summed E-state index contributed by atoms with van der Waals surface area (Å²) in [6, 6.07) is 17.5. The summed E-state index contributed by atoms with van der Waals surface area (Å²) in [5.41, 5.74) is 14.9. The van der Waals surface area contributed by atoms with Gasteiger partial charge in [0.25, 0.3) is 0 Å². The van der Waals surface area contributed by atoms with Gasteiger partial charge < -0.3 is 0 Å². The second-order valence-corrected chi connectivity index (χ2v) is 16.0.